The highest BCUT2D eigenvalue weighted by molar-refractivity contribution is 7.85. The van der Waals surface area contributed by atoms with Gasteiger partial charge in [-0.15, -0.1) is 0 Å². The van der Waals surface area contributed by atoms with E-state index in [1.165, 1.54) is 0 Å². The first kappa shape index (κ1) is 22.7. The zero-order valence-corrected chi connectivity index (χ0v) is 17.7. The topological polar surface area (TPSA) is 91.8 Å². The first-order chi connectivity index (χ1) is 12.2. The summed E-state index contributed by atoms with van der Waals surface area (Å²) < 4.78 is 17.2. The van der Waals surface area contributed by atoms with Crippen molar-refractivity contribution in [3.8, 4) is 0 Å². The molecule has 0 bridgehead atoms. The number of amides is 1. The van der Waals surface area contributed by atoms with E-state index in [0.717, 1.165) is 43.8 Å². The number of hydrogen-bond acceptors (Lipinski definition) is 4. The molecular weight excluding hydrogens is 352 g/mol. The highest BCUT2D eigenvalue weighted by Crippen LogP contribution is 2.22. The van der Waals surface area contributed by atoms with Crippen molar-refractivity contribution in [3.63, 3.8) is 0 Å². The summed E-state index contributed by atoms with van der Waals surface area (Å²) >= 11 is 0. The minimum atomic E-state index is -0.723. The molecule has 1 saturated carbocycles. The van der Waals surface area contributed by atoms with Crippen LogP contribution in [0.2, 0.25) is 0 Å². The zero-order valence-electron chi connectivity index (χ0n) is 16.9. The predicted molar refractivity (Wildman–Crippen MR) is 108 cm³/mol. The van der Waals surface area contributed by atoms with Crippen molar-refractivity contribution in [2.24, 2.45) is 4.99 Å². The molecule has 0 heterocycles. The fourth-order valence-corrected chi connectivity index (χ4v) is 4.29. The molecule has 0 aromatic rings. The van der Waals surface area contributed by atoms with E-state index < -0.39 is 22.5 Å². The van der Waals surface area contributed by atoms with E-state index in [-0.39, 0.29) is 0 Å². The van der Waals surface area contributed by atoms with Gasteiger partial charge in [0.05, 0.1) is 0 Å². The number of nitrogens with one attached hydrogen (secondary N) is 3. The maximum Gasteiger partial charge on any atom is 0.407 e. The van der Waals surface area contributed by atoms with Crippen molar-refractivity contribution in [3.05, 3.63) is 0 Å². The average Bonchev–Trinajstić information content (AvgIpc) is 2.58. The molecule has 1 rings (SSSR count). The Morgan fingerprint density at radius 2 is 1.92 bits per heavy atom. The van der Waals surface area contributed by atoms with Crippen LogP contribution in [0, 0.1) is 0 Å². The highest BCUT2D eigenvalue weighted by atomic mass is 32.2. The van der Waals surface area contributed by atoms with E-state index in [0.29, 0.717) is 24.4 Å². The number of guanidine groups is 1. The molecule has 152 valence electrons. The summed E-state index contributed by atoms with van der Waals surface area (Å²) in [6.45, 7) is 8.76. The number of hydrogen-bond donors (Lipinski definition) is 3. The molecular formula is C18H36N4O3S. The number of ether oxygens (including phenoxy) is 1. The molecule has 0 radical (unpaired) electrons. The van der Waals surface area contributed by atoms with Gasteiger partial charge in [-0.1, -0.05) is 13.3 Å². The van der Waals surface area contributed by atoms with Gasteiger partial charge >= 0.3 is 6.09 Å². The van der Waals surface area contributed by atoms with Crippen LogP contribution in [0.3, 0.4) is 0 Å². The lowest BCUT2D eigenvalue weighted by Crippen LogP contribution is -2.47. The van der Waals surface area contributed by atoms with Crippen molar-refractivity contribution < 1.29 is 13.7 Å². The fraction of sp³-hybridized carbons (Fsp3) is 0.889. The van der Waals surface area contributed by atoms with Crippen LogP contribution in [-0.4, -0.2) is 59.0 Å². The first-order valence-electron chi connectivity index (χ1n) is 9.56. The number of aliphatic imine (C=N–C) groups is 1. The van der Waals surface area contributed by atoms with Gasteiger partial charge in [0.25, 0.3) is 0 Å². The van der Waals surface area contributed by atoms with Gasteiger partial charge in [0.1, 0.15) is 5.60 Å². The maximum atomic E-state index is 12.0. The summed E-state index contributed by atoms with van der Waals surface area (Å²) in [6, 6.07) is 0.315. The molecule has 8 heteroatoms. The van der Waals surface area contributed by atoms with E-state index in [4.69, 9.17) is 4.74 Å². The Morgan fingerprint density at radius 1 is 1.23 bits per heavy atom. The predicted octanol–water partition coefficient (Wildman–Crippen LogP) is 2.15. The molecule has 0 saturated heterocycles. The molecule has 0 aliphatic heterocycles. The van der Waals surface area contributed by atoms with E-state index in [1.54, 1.807) is 7.05 Å². The van der Waals surface area contributed by atoms with Crippen LogP contribution in [0.5, 0.6) is 0 Å². The van der Waals surface area contributed by atoms with Gasteiger partial charge in [-0.05, 0) is 46.5 Å². The van der Waals surface area contributed by atoms with Gasteiger partial charge in [0, 0.05) is 48.0 Å². The molecule has 1 amide bonds. The maximum absolute atomic E-state index is 12.0. The van der Waals surface area contributed by atoms with E-state index in [9.17, 15) is 9.00 Å². The normalized spacial score (nSPS) is 22.4. The molecule has 0 spiro atoms. The van der Waals surface area contributed by atoms with Crippen LogP contribution in [-0.2, 0) is 15.5 Å². The van der Waals surface area contributed by atoms with Crippen molar-refractivity contribution >= 4 is 22.9 Å². The van der Waals surface area contributed by atoms with Crippen LogP contribution in [0.4, 0.5) is 4.79 Å². The quantitative estimate of drug-likeness (QED) is 0.353. The molecule has 0 aromatic carbocycles. The minimum absolute atomic E-state index is 0.294. The molecule has 3 N–H and O–H groups in total. The van der Waals surface area contributed by atoms with Gasteiger partial charge in [-0.2, -0.15) is 0 Å². The third-order valence-electron chi connectivity index (χ3n) is 4.16. The van der Waals surface area contributed by atoms with Gasteiger partial charge in [0.15, 0.2) is 5.96 Å². The summed E-state index contributed by atoms with van der Waals surface area (Å²) in [5.41, 5.74) is -0.479. The zero-order chi connectivity index (χ0) is 19.6. The Balaban J connectivity index is 2.25. The molecule has 3 atom stereocenters. The van der Waals surface area contributed by atoms with Gasteiger partial charge in [0.2, 0.25) is 0 Å². The van der Waals surface area contributed by atoms with E-state index in [2.05, 4.69) is 20.9 Å². The summed E-state index contributed by atoms with van der Waals surface area (Å²) in [5.74, 6) is 1.49. The monoisotopic (exact) mass is 388 g/mol. The number of alkyl carbamates (subject to hydrolysis) is 1. The van der Waals surface area contributed by atoms with Gasteiger partial charge in [-0.3, -0.25) is 9.20 Å². The smallest absolute Gasteiger partial charge is 0.407 e. The second-order valence-electron chi connectivity index (χ2n) is 7.58. The molecule has 0 aromatic heterocycles. The Hall–Kier alpha value is -1.31. The molecule has 1 aliphatic carbocycles. The van der Waals surface area contributed by atoms with Crippen LogP contribution >= 0.6 is 0 Å². The summed E-state index contributed by atoms with van der Waals surface area (Å²) in [4.78, 5) is 15.8. The lowest BCUT2D eigenvalue weighted by Gasteiger charge is -2.30. The Kier molecular flexibility index (Phi) is 9.98. The van der Waals surface area contributed by atoms with E-state index in [1.807, 2.05) is 27.7 Å². The lowest BCUT2D eigenvalue weighted by atomic mass is 9.95. The Bertz CT molecular complexity index is 491. The SMILES string of the molecule is CCS(=O)C1CCCC(NC(=NC)NCCCNC(=O)OC(C)(C)C)C1. The Labute approximate surface area is 160 Å². The van der Waals surface area contributed by atoms with Crippen molar-refractivity contribution in [2.45, 2.75) is 76.7 Å². The number of carbonyl (C=O) groups is 1. The van der Waals surface area contributed by atoms with Gasteiger partial charge in [-0.25, -0.2) is 4.79 Å². The second kappa shape index (κ2) is 11.4. The van der Waals surface area contributed by atoms with E-state index >= 15 is 0 Å². The van der Waals surface area contributed by atoms with Crippen LogP contribution in [0.15, 0.2) is 4.99 Å². The molecule has 1 aliphatic rings. The van der Waals surface area contributed by atoms with Gasteiger partial charge < -0.3 is 20.7 Å². The van der Waals surface area contributed by atoms with Crippen LogP contribution in [0.25, 0.3) is 0 Å². The van der Waals surface area contributed by atoms with Crippen molar-refractivity contribution in [2.75, 3.05) is 25.9 Å². The average molecular weight is 389 g/mol. The second-order valence-corrected chi connectivity index (χ2v) is 9.59. The van der Waals surface area contributed by atoms with Crippen molar-refractivity contribution in [1.29, 1.82) is 0 Å². The fourth-order valence-electron chi connectivity index (χ4n) is 2.94. The largest absolute Gasteiger partial charge is 0.444 e. The molecule has 26 heavy (non-hydrogen) atoms. The third kappa shape index (κ3) is 9.40. The lowest BCUT2D eigenvalue weighted by molar-refractivity contribution is 0.0527. The molecule has 7 nitrogen and oxygen atoms in total. The van der Waals surface area contributed by atoms with Crippen molar-refractivity contribution in [1.82, 2.24) is 16.0 Å². The minimum Gasteiger partial charge on any atom is -0.444 e. The van der Waals surface area contributed by atoms with Crippen LogP contribution in [0.1, 0.15) is 59.8 Å². The first-order valence-corrected chi connectivity index (χ1v) is 10.9. The number of rotatable bonds is 7. The summed E-state index contributed by atoms with van der Waals surface area (Å²) in [5, 5.41) is 9.74. The number of nitrogens with zero attached hydrogens (tertiary/aromatic N) is 1. The standard InChI is InChI=1S/C18H36N4O3S/c1-6-26(24)15-10-7-9-14(13-15)22-16(19-5)20-11-8-12-21-17(23)25-18(2,3)4/h14-15H,6-13H2,1-5H3,(H,21,23)(H2,19,20,22). The Morgan fingerprint density at radius 3 is 2.54 bits per heavy atom. The molecule has 3 unspecified atom stereocenters. The number of carbonyl (C=O) groups excluding carboxylic acids is 1. The highest BCUT2D eigenvalue weighted by Gasteiger charge is 2.26. The third-order valence-corrected chi connectivity index (χ3v) is 5.90. The van der Waals surface area contributed by atoms with Crippen LogP contribution < -0.4 is 16.0 Å². The molecule has 1 fully saturated rings. The summed E-state index contributed by atoms with van der Waals surface area (Å²) in [7, 11) is 1.03. The summed E-state index contributed by atoms with van der Waals surface area (Å²) in [6.07, 6.45) is 4.55.